The summed E-state index contributed by atoms with van der Waals surface area (Å²) >= 11 is 0. The molecule has 0 aliphatic heterocycles. The highest BCUT2D eigenvalue weighted by Crippen LogP contribution is 2.20. The second-order valence-corrected chi connectivity index (χ2v) is 3.66. The lowest BCUT2D eigenvalue weighted by Gasteiger charge is -2.08. The first-order chi connectivity index (χ1) is 8.00. The van der Waals surface area contributed by atoms with Crippen molar-refractivity contribution in [2.24, 2.45) is 5.73 Å². The fourth-order valence-electron chi connectivity index (χ4n) is 1.09. The minimum Gasteiger partial charge on any atom is -0.506 e. The monoisotopic (exact) mass is 237 g/mol. The largest absolute Gasteiger partial charge is 0.506 e. The molecule has 0 bridgehead atoms. The van der Waals surface area contributed by atoms with Gasteiger partial charge in [-0.05, 0) is 19.1 Å². The third kappa shape index (κ3) is 4.12. The van der Waals surface area contributed by atoms with Crippen molar-refractivity contribution in [1.82, 2.24) is 5.32 Å². The van der Waals surface area contributed by atoms with Crippen LogP contribution in [0.3, 0.4) is 0 Å². The number of carbonyl (C=O) groups is 2. The highest BCUT2D eigenvalue weighted by atomic mass is 16.3. The van der Waals surface area contributed by atoms with E-state index in [0.29, 0.717) is 0 Å². The van der Waals surface area contributed by atoms with E-state index in [0.717, 1.165) is 0 Å². The number of carbonyl (C=O) groups excluding carboxylic acids is 2. The fraction of sp³-hybridized carbons (Fsp3) is 0.273. The summed E-state index contributed by atoms with van der Waals surface area (Å²) in [6, 6.07) is 5.93. The molecule has 0 aliphatic rings. The molecule has 0 fully saturated rings. The normalized spacial score (nSPS) is 11.6. The standard InChI is InChI=1S/C11H15N3O3/c1-7(12)6-13-10(16)11(17)14-8-4-2-3-5-9(8)15/h2-5,7,15H,6,12H2,1H3,(H,13,16)(H,14,17). The minimum atomic E-state index is -0.841. The Bertz CT molecular complexity index is 418. The Labute approximate surface area is 98.8 Å². The molecule has 1 unspecified atom stereocenters. The average Bonchev–Trinajstić information content (AvgIpc) is 2.28. The molecule has 0 aromatic heterocycles. The van der Waals surface area contributed by atoms with Crippen LogP contribution in [-0.4, -0.2) is 29.5 Å². The van der Waals surface area contributed by atoms with Crippen LogP contribution in [0.4, 0.5) is 5.69 Å². The van der Waals surface area contributed by atoms with Crippen LogP contribution in [-0.2, 0) is 9.59 Å². The molecular weight excluding hydrogens is 222 g/mol. The van der Waals surface area contributed by atoms with Crippen molar-refractivity contribution in [2.75, 3.05) is 11.9 Å². The maximum absolute atomic E-state index is 11.4. The van der Waals surface area contributed by atoms with Crippen molar-refractivity contribution >= 4 is 17.5 Å². The van der Waals surface area contributed by atoms with Crippen LogP contribution in [0.5, 0.6) is 5.75 Å². The van der Waals surface area contributed by atoms with E-state index >= 15 is 0 Å². The molecule has 92 valence electrons. The van der Waals surface area contributed by atoms with Crippen LogP contribution in [0, 0.1) is 0 Å². The number of amides is 2. The molecule has 0 radical (unpaired) electrons. The van der Waals surface area contributed by atoms with Gasteiger partial charge in [0.05, 0.1) is 5.69 Å². The average molecular weight is 237 g/mol. The van der Waals surface area contributed by atoms with E-state index in [1.165, 1.54) is 12.1 Å². The number of phenols is 1. The minimum absolute atomic E-state index is 0.0964. The molecule has 1 atom stereocenters. The van der Waals surface area contributed by atoms with E-state index in [2.05, 4.69) is 10.6 Å². The smallest absolute Gasteiger partial charge is 0.313 e. The molecule has 1 aromatic carbocycles. The second-order valence-electron chi connectivity index (χ2n) is 3.66. The molecule has 0 aliphatic carbocycles. The zero-order valence-electron chi connectivity index (χ0n) is 9.43. The number of anilines is 1. The lowest BCUT2D eigenvalue weighted by molar-refractivity contribution is -0.136. The molecule has 0 saturated carbocycles. The molecule has 0 heterocycles. The zero-order valence-corrected chi connectivity index (χ0v) is 9.43. The van der Waals surface area contributed by atoms with Gasteiger partial charge >= 0.3 is 11.8 Å². The fourth-order valence-corrected chi connectivity index (χ4v) is 1.09. The summed E-state index contributed by atoms with van der Waals surface area (Å²) in [5.41, 5.74) is 5.62. The number of hydrogen-bond donors (Lipinski definition) is 4. The maximum atomic E-state index is 11.4. The van der Waals surface area contributed by atoms with Gasteiger partial charge in [-0.3, -0.25) is 9.59 Å². The van der Waals surface area contributed by atoms with Crippen molar-refractivity contribution in [3.63, 3.8) is 0 Å². The number of rotatable bonds is 3. The Balaban J connectivity index is 2.55. The van der Waals surface area contributed by atoms with Gasteiger partial charge in [-0.25, -0.2) is 0 Å². The number of phenolic OH excluding ortho intramolecular Hbond substituents is 1. The van der Waals surface area contributed by atoms with Crippen LogP contribution in [0.2, 0.25) is 0 Å². The Hall–Kier alpha value is -2.08. The van der Waals surface area contributed by atoms with Gasteiger partial charge in [-0.2, -0.15) is 0 Å². The van der Waals surface area contributed by atoms with Crippen molar-refractivity contribution < 1.29 is 14.7 Å². The van der Waals surface area contributed by atoms with Crippen molar-refractivity contribution in [1.29, 1.82) is 0 Å². The molecule has 0 saturated heterocycles. The van der Waals surface area contributed by atoms with Gasteiger partial charge in [-0.1, -0.05) is 12.1 Å². The highest BCUT2D eigenvalue weighted by Gasteiger charge is 2.14. The lowest BCUT2D eigenvalue weighted by atomic mass is 10.3. The molecule has 6 heteroatoms. The van der Waals surface area contributed by atoms with E-state index in [1.54, 1.807) is 19.1 Å². The lowest BCUT2D eigenvalue weighted by Crippen LogP contribution is -2.41. The number of aromatic hydroxyl groups is 1. The summed E-state index contributed by atoms with van der Waals surface area (Å²) in [4.78, 5) is 22.7. The molecule has 5 N–H and O–H groups in total. The summed E-state index contributed by atoms with van der Waals surface area (Å²) in [6.07, 6.45) is 0. The topological polar surface area (TPSA) is 104 Å². The van der Waals surface area contributed by atoms with Crippen LogP contribution in [0.25, 0.3) is 0 Å². The molecule has 1 rings (SSSR count). The Morgan fingerprint density at radius 3 is 2.59 bits per heavy atom. The van der Waals surface area contributed by atoms with Crippen molar-refractivity contribution in [3.8, 4) is 5.75 Å². The van der Waals surface area contributed by atoms with Crippen molar-refractivity contribution in [3.05, 3.63) is 24.3 Å². The quantitative estimate of drug-likeness (QED) is 0.431. The van der Waals surface area contributed by atoms with E-state index in [-0.39, 0.29) is 24.0 Å². The summed E-state index contributed by atoms with van der Waals surface area (Å²) in [5.74, 6) is -1.72. The Kier molecular flexibility index (Phi) is 4.47. The summed E-state index contributed by atoms with van der Waals surface area (Å²) in [5, 5.41) is 14.0. The van der Waals surface area contributed by atoms with Gasteiger partial charge in [0.15, 0.2) is 0 Å². The SMILES string of the molecule is CC(N)CNC(=O)C(=O)Nc1ccccc1O. The second kappa shape index (κ2) is 5.86. The summed E-state index contributed by atoms with van der Waals surface area (Å²) in [6.45, 7) is 1.92. The first kappa shape index (κ1) is 13.0. The van der Waals surface area contributed by atoms with Gasteiger partial charge in [0.2, 0.25) is 0 Å². The first-order valence-electron chi connectivity index (χ1n) is 5.13. The number of benzene rings is 1. The zero-order chi connectivity index (χ0) is 12.8. The van der Waals surface area contributed by atoms with Gasteiger partial charge in [-0.15, -0.1) is 0 Å². The molecule has 2 amide bonds. The number of para-hydroxylation sites is 2. The van der Waals surface area contributed by atoms with Crippen LogP contribution in [0.15, 0.2) is 24.3 Å². The van der Waals surface area contributed by atoms with Crippen molar-refractivity contribution in [2.45, 2.75) is 13.0 Å². The van der Waals surface area contributed by atoms with E-state index < -0.39 is 11.8 Å². The molecule has 6 nitrogen and oxygen atoms in total. The van der Waals surface area contributed by atoms with E-state index in [4.69, 9.17) is 5.73 Å². The highest BCUT2D eigenvalue weighted by molar-refractivity contribution is 6.39. The summed E-state index contributed by atoms with van der Waals surface area (Å²) < 4.78 is 0. The molecule has 1 aromatic rings. The van der Waals surface area contributed by atoms with Gasteiger partial charge < -0.3 is 21.5 Å². The molecule has 17 heavy (non-hydrogen) atoms. The first-order valence-corrected chi connectivity index (χ1v) is 5.13. The number of hydrogen-bond acceptors (Lipinski definition) is 4. The molecular formula is C11H15N3O3. The van der Waals surface area contributed by atoms with Gasteiger partial charge in [0.1, 0.15) is 5.75 Å². The summed E-state index contributed by atoms with van der Waals surface area (Å²) in [7, 11) is 0. The predicted molar refractivity (Wildman–Crippen MR) is 63.4 cm³/mol. The van der Waals surface area contributed by atoms with Crippen LogP contribution < -0.4 is 16.4 Å². The van der Waals surface area contributed by atoms with Crippen LogP contribution in [0.1, 0.15) is 6.92 Å². The molecule has 0 spiro atoms. The van der Waals surface area contributed by atoms with Gasteiger partial charge in [0, 0.05) is 12.6 Å². The third-order valence-corrected chi connectivity index (χ3v) is 1.94. The maximum Gasteiger partial charge on any atom is 0.313 e. The third-order valence-electron chi connectivity index (χ3n) is 1.94. The van der Waals surface area contributed by atoms with Gasteiger partial charge in [0.25, 0.3) is 0 Å². The van der Waals surface area contributed by atoms with E-state index in [9.17, 15) is 14.7 Å². The number of nitrogens with two attached hydrogens (primary N) is 1. The van der Waals surface area contributed by atoms with E-state index in [1.807, 2.05) is 0 Å². The van der Waals surface area contributed by atoms with Crippen LogP contribution >= 0.6 is 0 Å². The Morgan fingerprint density at radius 2 is 2.00 bits per heavy atom. The predicted octanol–water partition coefficient (Wildman–Crippen LogP) is -0.206. The Morgan fingerprint density at radius 1 is 1.35 bits per heavy atom. The number of nitrogens with one attached hydrogen (secondary N) is 2.